The van der Waals surface area contributed by atoms with Crippen LogP contribution in [-0.2, 0) is 4.79 Å². The molecule has 1 aliphatic rings. The lowest BCUT2D eigenvalue weighted by Gasteiger charge is -2.18. The molecular formula is C22H24N4O2S. The molecule has 2 aromatic carbocycles. The Labute approximate surface area is 174 Å². The Morgan fingerprint density at radius 2 is 1.90 bits per heavy atom. The van der Waals surface area contributed by atoms with Crippen molar-refractivity contribution < 1.29 is 9.53 Å². The monoisotopic (exact) mass is 408 g/mol. The number of thioether (sulfide) groups is 1. The van der Waals surface area contributed by atoms with Crippen molar-refractivity contribution in [1.29, 1.82) is 0 Å². The smallest absolute Gasteiger partial charge is 0.230 e. The third kappa shape index (κ3) is 4.62. The Bertz CT molecular complexity index is 968. The van der Waals surface area contributed by atoms with E-state index >= 15 is 0 Å². The van der Waals surface area contributed by atoms with Crippen molar-refractivity contribution in [2.24, 2.45) is 5.92 Å². The van der Waals surface area contributed by atoms with Gasteiger partial charge in [0.1, 0.15) is 11.6 Å². The number of methoxy groups -OCH3 is 1. The van der Waals surface area contributed by atoms with E-state index in [9.17, 15) is 4.79 Å². The summed E-state index contributed by atoms with van der Waals surface area (Å²) in [5.74, 6) is 2.41. The maximum atomic E-state index is 12.7. The van der Waals surface area contributed by atoms with E-state index in [1.165, 1.54) is 17.3 Å². The van der Waals surface area contributed by atoms with Gasteiger partial charge < -0.3 is 10.1 Å². The zero-order chi connectivity index (χ0) is 20.2. The van der Waals surface area contributed by atoms with Gasteiger partial charge in [-0.25, -0.2) is 0 Å². The number of hydrogen-bond acceptors (Lipinski definition) is 5. The van der Waals surface area contributed by atoms with Crippen LogP contribution in [0.4, 0.5) is 0 Å². The second-order valence-electron chi connectivity index (χ2n) is 7.15. The molecule has 150 valence electrons. The van der Waals surface area contributed by atoms with Crippen molar-refractivity contribution in [3.05, 3.63) is 66.0 Å². The predicted molar refractivity (Wildman–Crippen MR) is 113 cm³/mol. The predicted octanol–water partition coefficient (Wildman–Crippen LogP) is 3.94. The van der Waals surface area contributed by atoms with Gasteiger partial charge in [-0.1, -0.05) is 42.1 Å². The van der Waals surface area contributed by atoms with E-state index in [4.69, 9.17) is 4.74 Å². The molecule has 1 aromatic heterocycles. The van der Waals surface area contributed by atoms with E-state index in [1.807, 2.05) is 54.0 Å². The molecule has 1 N–H and O–H groups in total. The maximum absolute atomic E-state index is 12.7. The molecule has 6 nitrogen and oxygen atoms in total. The van der Waals surface area contributed by atoms with E-state index in [0.29, 0.717) is 16.8 Å². The van der Waals surface area contributed by atoms with Crippen molar-refractivity contribution in [2.75, 3.05) is 12.9 Å². The van der Waals surface area contributed by atoms with Gasteiger partial charge in [-0.15, -0.1) is 10.2 Å². The summed E-state index contributed by atoms with van der Waals surface area (Å²) in [6.07, 6.45) is 2.33. The largest absolute Gasteiger partial charge is 0.497 e. The second kappa shape index (κ2) is 8.69. The molecule has 0 radical (unpaired) electrons. The Morgan fingerprint density at radius 3 is 2.55 bits per heavy atom. The SMILES string of the molecule is COc1ccc(-n2c(C)nnc2SCC(=O)NC(c2ccccc2)C2CC2)cc1. The number of aromatic nitrogens is 3. The van der Waals surface area contributed by atoms with Crippen molar-refractivity contribution >= 4 is 17.7 Å². The fourth-order valence-electron chi connectivity index (χ4n) is 3.37. The van der Waals surface area contributed by atoms with E-state index in [2.05, 4.69) is 27.6 Å². The van der Waals surface area contributed by atoms with Gasteiger partial charge >= 0.3 is 0 Å². The van der Waals surface area contributed by atoms with E-state index in [-0.39, 0.29) is 11.9 Å². The summed E-state index contributed by atoms with van der Waals surface area (Å²) in [6.45, 7) is 1.90. The number of amides is 1. The fourth-order valence-corrected chi connectivity index (χ4v) is 4.18. The normalized spacial score (nSPS) is 14.4. The highest BCUT2D eigenvalue weighted by molar-refractivity contribution is 7.99. The highest BCUT2D eigenvalue weighted by Gasteiger charge is 2.33. The molecule has 1 aliphatic carbocycles. The van der Waals surface area contributed by atoms with Crippen LogP contribution in [0.25, 0.3) is 5.69 Å². The van der Waals surface area contributed by atoms with Gasteiger partial charge in [-0.05, 0) is 55.5 Å². The van der Waals surface area contributed by atoms with Crippen LogP contribution in [0, 0.1) is 12.8 Å². The number of carbonyl (C=O) groups is 1. The molecule has 4 rings (SSSR count). The van der Waals surface area contributed by atoms with E-state index in [1.54, 1.807) is 7.11 Å². The molecule has 1 amide bonds. The van der Waals surface area contributed by atoms with Crippen LogP contribution in [0.2, 0.25) is 0 Å². The van der Waals surface area contributed by atoms with Gasteiger partial charge in [0.05, 0.1) is 18.9 Å². The molecule has 7 heteroatoms. The number of ether oxygens (including phenoxy) is 1. The Balaban J connectivity index is 1.43. The summed E-state index contributed by atoms with van der Waals surface area (Å²) in [7, 11) is 1.64. The highest BCUT2D eigenvalue weighted by atomic mass is 32.2. The zero-order valence-corrected chi connectivity index (χ0v) is 17.4. The average molecular weight is 409 g/mol. The summed E-state index contributed by atoms with van der Waals surface area (Å²) < 4.78 is 7.18. The Hall–Kier alpha value is -2.80. The highest BCUT2D eigenvalue weighted by Crippen LogP contribution is 2.41. The first-order valence-corrected chi connectivity index (χ1v) is 10.7. The summed E-state index contributed by atoms with van der Waals surface area (Å²) in [5.41, 5.74) is 2.11. The minimum Gasteiger partial charge on any atom is -0.497 e. The Kier molecular flexibility index (Phi) is 5.85. The number of carbonyl (C=O) groups excluding carboxylic acids is 1. The quantitative estimate of drug-likeness (QED) is 0.572. The van der Waals surface area contributed by atoms with Crippen LogP contribution < -0.4 is 10.1 Å². The molecule has 29 heavy (non-hydrogen) atoms. The molecule has 1 saturated carbocycles. The van der Waals surface area contributed by atoms with Crippen LogP contribution in [0.5, 0.6) is 5.75 Å². The maximum Gasteiger partial charge on any atom is 0.230 e. The molecule has 0 bridgehead atoms. The van der Waals surface area contributed by atoms with Gasteiger partial charge in [-0.3, -0.25) is 9.36 Å². The van der Waals surface area contributed by atoms with Crippen molar-refractivity contribution in [3.8, 4) is 11.4 Å². The van der Waals surface area contributed by atoms with Crippen LogP contribution in [0.1, 0.15) is 30.3 Å². The van der Waals surface area contributed by atoms with E-state index < -0.39 is 0 Å². The summed E-state index contributed by atoms with van der Waals surface area (Å²) in [5, 5.41) is 12.4. The number of nitrogens with one attached hydrogen (secondary N) is 1. The average Bonchev–Trinajstić information content (AvgIpc) is 3.53. The molecule has 1 atom stereocenters. The van der Waals surface area contributed by atoms with E-state index in [0.717, 1.165) is 30.1 Å². The van der Waals surface area contributed by atoms with Gasteiger partial charge in [0.25, 0.3) is 0 Å². The molecule has 3 aromatic rings. The first-order chi connectivity index (χ1) is 14.2. The lowest BCUT2D eigenvalue weighted by atomic mass is 10.0. The van der Waals surface area contributed by atoms with Crippen molar-refractivity contribution in [2.45, 2.75) is 31.0 Å². The van der Waals surface area contributed by atoms with Gasteiger partial charge in [0.15, 0.2) is 5.16 Å². The number of aryl methyl sites for hydroxylation is 1. The lowest BCUT2D eigenvalue weighted by molar-refractivity contribution is -0.119. The second-order valence-corrected chi connectivity index (χ2v) is 8.09. The number of rotatable bonds is 8. The van der Waals surface area contributed by atoms with Crippen LogP contribution in [-0.4, -0.2) is 33.5 Å². The third-order valence-corrected chi connectivity index (χ3v) is 5.96. The van der Waals surface area contributed by atoms with Gasteiger partial charge in [0.2, 0.25) is 5.91 Å². The molecule has 1 heterocycles. The van der Waals surface area contributed by atoms with Gasteiger partial charge in [-0.2, -0.15) is 0 Å². The van der Waals surface area contributed by atoms with Crippen LogP contribution in [0.15, 0.2) is 59.8 Å². The fraction of sp³-hybridized carbons (Fsp3) is 0.318. The minimum absolute atomic E-state index is 0.0117. The minimum atomic E-state index is 0.0117. The number of hydrogen-bond donors (Lipinski definition) is 1. The first-order valence-electron chi connectivity index (χ1n) is 9.69. The van der Waals surface area contributed by atoms with Crippen LogP contribution >= 0.6 is 11.8 Å². The van der Waals surface area contributed by atoms with Crippen LogP contribution in [0.3, 0.4) is 0 Å². The topological polar surface area (TPSA) is 69.0 Å². The number of benzene rings is 2. The summed E-state index contributed by atoms with van der Waals surface area (Å²) >= 11 is 1.40. The molecule has 0 saturated heterocycles. The summed E-state index contributed by atoms with van der Waals surface area (Å²) in [6, 6.07) is 18.0. The standard InChI is InChI=1S/C22H24N4O2S/c1-15-24-25-22(26(15)18-10-12-19(28-2)13-11-18)29-14-20(27)23-21(17-8-9-17)16-6-4-3-5-7-16/h3-7,10-13,17,21H,8-9,14H2,1-2H3,(H,23,27). The van der Waals surface area contributed by atoms with Gasteiger partial charge in [0, 0.05) is 5.69 Å². The number of nitrogens with zero attached hydrogens (tertiary/aromatic N) is 3. The zero-order valence-electron chi connectivity index (χ0n) is 16.5. The van der Waals surface area contributed by atoms with Crippen molar-refractivity contribution in [1.82, 2.24) is 20.1 Å². The molecular weight excluding hydrogens is 384 g/mol. The summed E-state index contributed by atoms with van der Waals surface area (Å²) in [4.78, 5) is 12.7. The lowest BCUT2D eigenvalue weighted by Crippen LogP contribution is -2.31. The third-order valence-electron chi connectivity index (χ3n) is 5.03. The molecule has 0 spiro atoms. The Morgan fingerprint density at radius 1 is 1.17 bits per heavy atom. The first kappa shape index (κ1) is 19.5. The molecule has 1 fully saturated rings. The molecule has 1 unspecified atom stereocenters. The van der Waals surface area contributed by atoms with Crippen molar-refractivity contribution in [3.63, 3.8) is 0 Å². The molecule has 0 aliphatic heterocycles.